The van der Waals surface area contributed by atoms with E-state index in [0.29, 0.717) is 22.5 Å². The number of nitrogens with one attached hydrogen (secondary N) is 1. The van der Waals surface area contributed by atoms with Gasteiger partial charge in [-0.25, -0.2) is 9.67 Å². The lowest BCUT2D eigenvalue weighted by Gasteiger charge is -2.12. The molecule has 0 atom stereocenters. The van der Waals surface area contributed by atoms with Gasteiger partial charge in [0.25, 0.3) is 0 Å². The third kappa shape index (κ3) is 8.58. The first-order valence-electron chi connectivity index (χ1n) is 12.1. The molecular formula is C28H30F3N5OS. The van der Waals surface area contributed by atoms with Gasteiger partial charge in [0.15, 0.2) is 10.9 Å². The van der Waals surface area contributed by atoms with E-state index in [1.54, 1.807) is 0 Å². The summed E-state index contributed by atoms with van der Waals surface area (Å²) in [6.07, 6.45) is -1.07. The lowest BCUT2D eigenvalue weighted by Crippen LogP contribution is -2.19. The zero-order valence-corrected chi connectivity index (χ0v) is 22.2. The Hall–Kier alpha value is -3.92. The lowest BCUT2D eigenvalue weighted by atomic mass is 10.0. The predicted molar refractivity (Wildman–Crippen MR) is 148 cm³/mol. The zero-order valence-electron chi connectivity index (χ0n) is 21.4. The summed E-state index contributed by atoms with van der Waals surface area (Å²) in [5, 5.41) is 7.65. The molecule has 1 aromatic heterocycles. The van der Waals surface area contributed by atoms with Crippen LogP contribution >= 0.6 is 12.2 Å². The fourth-order valence-electron chi connectivity index (χ4n) is 3.68. The van der Waals surface area contributed by atoms with Gasteiger partial charge < -0.3 is 15.8 Å². The number of alkyl halides is 3. The van der Waals surface area contributed by atoms with Crippen molar-refractivity contribution in [3.8, 4) is 22.8 Å². The minimum absolute atomic E-state index is 0.275. The number of rotatable bonds is 7. The van der Waals surface area contributed by atoms with Crippen LogP contribution in [0.1, 0.15) is 44.2 Å². The maximum atomic E-state index is 12.2. The van der Waals surface area contributed by atoms with E-state index in [1.165, 1.54) is 46.4 Å². The number of hydrogen-bond acceptors (Lipinski definition) is 4. The molecule has 1 heterocycles. The molecule has 0 fully saturated rings. The van der Waals surface area contributed by atoms with Crippen LogP contribution in [-0.4, -0.2) is 26.2 Å². The number of ether oxygens (including phenoxy) is 1. The number of anilines is 1. The average molecular weight is 542 g/mol. The first kappa shape index (κ1) is 28.6. The summed E-state index contributed by atoms with van der Waals surface area (Å²) in [5.41, 5.74) is 10.4. The summed E-state index contributed by atoms with van der Waals surface area (Å²) in [6.45, 7) is 6.41. The summed E-state index contributed by atoms with van der Waals surface area (Å²) in [4.78, 5) is 4.26. The summed E-state index contributed by atoms with van der Waals surface area (Å²) in [6, 6.07) is 21.5. The molecule has 0 aliphatic carbocycles. The van der Waals surface area contributed by atoms with Crippen LogP contribution < -0.4 is 15.8 Å². The van der Waals surface area contributed by atoms with Gasteiger partial charge in [0, 0.05) is 11.3 Å². The Balaban J connectivity index is 0.000000260. The highest BCUT2D eigenvalue weighted by Gasteiger charge is 2.31. The highest BCUT2D eigenvalue weighted by atomic mass is 32.1. The monoisotopic (exact) mass is 541 g/mol. The molecule has 0 bridgehead atoms. The highest BCUT2D eigenvalue weighted by molar-refractivity contribution is 7.80. The van der Waals surface area contributed by atoms with Crippen molar-refractivity contribution in [2.24, 2.45) is 5.73 Å². The van der Waals surface area contributed by atoms with E-state index in [-0.39, 0.29) is 5.75 Å². The van der Waals surface area contributed by atoms with Gasteiger partial charge in [0.1, 0.15) is 12.1 Å². The number of hydrogen-bond donors (Lipinski definition) is 2. The first-order valence-corrected chi connectivity index (χ1v) is 12.5. The van der Waals surface area contributed by atoms with Crippen LogP contribution in [0, 0.1) is 0 Å². The van der Waals surface area contributed by atoms with Crippen LogP contribution in [0.25, 0.3) is 17.1 Å². The van der Waals surface area contributed by atoms with Gasteiger partial charge in [-0.15, -0.1) is 18.3 Å². The Kier molecular flexibility index (Phi) is 9.84. The van der Waals surface area contributed by atoms with Crippen molar-refractivity contribution in [2.75, 3.05) is 5.32 Å². The Labute approximate surface area is 225 Å². The van der Waals surface area contributed by atoms with Gasteiger partial charge in [-0.3, -0.25) is 0 Å². The minimum Gasteiger partial charge on any atom is -0.406 e. The number of aryl methyl sites for hydroxylation is 1. The van der Waals surface area contributed by atoms with E-state index in [0.717, 1.165) is 24.1 Å². The fourth-order valence-corrected chi connectivity index (χ4v) is 3.79. The summed E-state index contributed by atoms with van der Waals surface area (Å²) < 4.78 is 41.9. The number of nitrogens with two attached hydrogens (primary N) is 1. The van der Waals surface area contributed by atoms with Gasteiger partial charge >= 0.3 is 6.36 Å². The molecule has 0 saturated heterocycles. The molecule has 6 nitrogen and oxygen atoms in total. The maximum Gasteiger partial charge on any atom is 0.573 e. The Bertz CT molecular complexity index is 1320. The van der Waals surface area contributed by atoms with Crippen molar-refractivity contribution in [1.29, 1.82) is 0 Å². The van der Waals surface area contributed by atoms with Crippen LogP contribution in [0.4, 0.5) is 18.9 Å². The first-order chi connectivity index (χ1) is 18.1. The average Bonchev–Trinajstić information content (AvgIpc) is 3.35. The summed E-state index contributed by atoms with van der Waals surface area (Å²) >= 11 is 4.79. The normalized spacial score (nSPS) is 11.0. The van der Waals surface area contributed by atoms with Crippen molar-refractivity contribution >= 4 is 23.0 Å². The van der Waals surface area contributed by atoms with E-state index >= 15 is 0 Å². The molecule has 10 heteroatoms. The van der Waals surface area contributed by atoms with E-state index in [9.17, 15) is 13.2 Å². The molecule has 200 valence electrons. The molecule has 3 N–H and O–H groups in total. The molecule has 0 amide bonds. The molecule has 0 aliphatic rings. The van der Waals surface area contributed by atoms with Gasteiger partial charge in [-0.05, 0) is 66.0 Å². The van der Waals surface area contributed by atoms with Gasteiger partial charge in [0.05, 0.1) is 5.69 Å². The third-order valence-electron chi connectivity index (χ3n) is 5.42. The van der Waals surface area contributed by atoms with E-state index in [2.05, 4.69) is 47.0 Å². The van der Waals surface area contributed by atoms with E-state index in [1.807, 2.05) is 42.5 Å². The Morgan fingerprint density at radius 3 is 2.26 bits per heavy atom. The summed E-state index contributed by atoms with van der Waals surface area (Å²) in [5.74, 6) is 0.750. The van der Waals surface area contributed by atoms with Crippen molar-refractivity contribution in [1.82, 2.24) is 14.8 Å². The largest absolute Gasteiger partial charge is 0.573 e. The Morgan fingerprint density at radius 2 is 1.68 bits per heavy atom. The lowest BCUT2D eigenvalue weighted by molar-refractivity contribution is -0.274. The van der Waals surface area contributed by atoms with Gasteiger partial charge in [-0.1, -0.05) is 69.7 Å². The number of thiocarbonyl (C=S) groups is 1. The molecule has 4 aromatic rings. The highest BCUT2D eigenvalue weighted by Crippen LogP contribution is 2.25. The molecule has 4 rings (SSSR count). The smallest absolute Gasteiger partial charge is 0.406 e. The molecule has 0 radical (unpaired) electrons. The molecule has 0 unspecified atom stereocenters. The molecule has 0 saturated carbocycles. The van der Waals surface area contributed by atoms with Crippen molar-refractivity contribution in [3.63, 3.8) is 0 Å². The molecule has 0 aliphatic heterocycles. The zero-order chi connectivity index (χ0) is 27.7. The second kappa shape index (κ2) is 13.0. The van der Waals surface area contributed by atoms with Gasteiger partial charge in [-0.2, -0.15) is 0 Å². The molecular weight excluding hydrogens is 511 g/mol. The predicted octanol–water partition coefficient (Wildman–Crippen LogP) is 7.25. The molecule has 3 aromatic carbocycles. The van der Waals surface area contributed by atoms with Crippen LogP contribution in [-0.2, 0) is 6.42 Å². The molecule has 0 spiro atoms. The van der Waals surface area contributed by atoms with Crippen molar-refractivity contribution < 1.29 is 17.9 Å². The van der Waals surface area contributed by atoms with Crippen molar-refractivity contribution in [2.45, 2.75) is 45.9 Å². The van der Waals surface area contributed by atoms with Crippen LogP contribution in [0.3, 0.4) is 0 Å². The van der Waals surface area contributed by atoms with E-state index in [4.69, 9.17) is 18.0 Å². The maximum absolute atomic E-state index is 12.2. The van der Waals surface area contributed by atoms with Crippen molar-refractivity contribution in [3.05, 3.63) is 90.3 Å². The Morgan fingerprint density at radius 1 is 1.03 bits per heavy atom. The number of para-hydroxylation sites is 1. The van der Waals surface area contributed by atoms with E-state index < -0.39 is 6.36 Å². The number of aromatic nitrogens is 3. The SMILES string of the molecule is CC(C)c1ccccc1NC(N)=S.CCCc1ccc(-c2ncn(-c3ccc(OC(F)(F)F)cc3)n2)cc1. The molecule has 38 heavy (non-hydrogen) atoms. The second-order valence-corrected chi connectivity index (χ2v) is 9.17. The van der Waals surface area contributed by atoms with Crippen LogP contribution in [0.5, 0.6) is 5.75 Å². The number of benzene rings is 3. The second-order valence-electron chi connectivity index (χ2n) is 8.73. The quantitative estimate of drug-likeness (QED) is 0.240. The topological polar surface area (TPSA) is 78.0 Å². The van der Waals surface area contributed by atoms with Crippen LogP contribution in [0.15, 0.2) is 79.1 Å². The number of halogens is 3. The van der Waals surface area contributed by atoms with Crippen LogP contribution in [0.2, 0.25) is 0 Å². The van der Waals surface area contributed by atoms with Gasteiger partial charge in [0.2, 0.25) is 0 Å². The summed E-state index contributed by atoms with van der Waals surface area (Å²) in [7, 11) is 0. The standard InChI is InChI=1S/C18H16F3N3O.C10H14N2S/c1-2-3-13-4-6-14(7-5-13)17-22-12-24(23-17)15-8-10-16(11-9-15)25-18(19,20)21;1-7(2)8-5-3-4-6-9(8)12-10(11)13/h4-12H,2-3H2,1H3;3-7H,1-2H3,(H3,11,12,13). The number of nitrogens with zero attached hydrogens (tertiary/aromatic N) is 3. The third-order valence-corrected chi connectivity index (χ3v) is 5.52. The fraction of sp³-hybridized carbons (Fsp3) is 0.250. The minimum atomic E-state index is -4.70.